The van der Waals surface area contributed by atoms with Crippen LogP contribution in [0.5, 0.6) is 0 Å². The van der Waals surface area contributed by atoms with Gasteiger partial charge in [-0.1, -0.05) is 295 Å². The summed E-state index contributed by atoms with van der Waals surface area (Å²) < 4.78 is 64.9. The summed E-state index contributed by atoms with van der Waals surface area (Å²) in [6.07, 6.45) is 9.99. The molecule has 6 aromatic rings. The average Bonchev–Trinajstić information content (AvgIpc) is 1.50. The van der Waals surface area contributed by atoms with Crippen LogP contribution in [-0.2, 0) is 68.4 Å². The fourth-order valence-corrected chi connectivity index (χ4v) is 14.8. The van der Waals surface area contributed by atoms with E-state index < -0.39 is 71.7 Å². The molecule has 1 fully saturated rings. The Balaban J connectivity index is 1.17. The van der Waals surface area contributed by atoms with E-state index in [1.54, 1.807) is 0 Å². The number of fused-ring (bicyclic) bond motifs is 3. The van der Waals surface area contributed by atoms with Crippen molar-refractivity contribution >= 4 is 22.7 Å². The van der Waals surface area contributed by atoms with Crippen molar-refractivity contribution in [2.24, 2.45) is 0 Å². The van der Waals surface area contributed by atoms with Gasteiger partial charge in [0, 0.05) is 5.92 Å². The van der Waals surface area contributed by atoms with E-state index in [0.717, 1.165) is 70.2 Å². The number of hydrogen-bond acceptors (Lipinski definition) is 10. The normalized spacial score (nSPS) is 18.8. The van der Waals surface area contributed by atoms with E-state index in [0.29, 0.717) is 13.2 Å². The van der Waals surface area contributed by atoms with Gasteiger partial charge in [-0.05, 0) is 87.2 Å². The third-order valence-corrected chi connectivity index (χ3v) is 28.5. The zero-order valence-electron chi connectivity index (χ0n) is 57.6. The smallest absolute Gasteiger partial charge is 0.407 e. The van der Waals surface area contributed by atoms with E-state index in [4.69, 9.17) is 42.0 Å². The minimum Gasteiger partial charge on any atom is -0.449 e. The van der Waals surface area contributed by atoms with Gasteiger partial charge in [-0.25, -0.2) is 4.79 Å². The maximum atomic E-state index is 15.2. The maximum absolute atomic E-state index is 15.2. The third-order valence-electron chi connectivity index (χ3n) is 19.5. The van der Waals surface area contributed by atoms with Gasteiger partial charge in [0.05, 0.1) is 57.9 Å². The topological polar surface area (TPSA) is 112 Å². The molecule has 92 heavy (non-hydrogen) atoms. The summed E-state index contributed by atoms with van der Waals surface area (Å²) >= 11 is 0. The summed E-state index contributed by atoms with van der Waals surface area (Å²) in [5.41, 5.74) is 8.61. The van der Waals surface area contributed by atoms with Crippen LogP contribution in [0.2, 0.25) is 36.3 Å². The Morgan fingerprint density at radius 1 is 0.478 bits per heavy atom. The molecule has 8 rings (SSSR count). The molecule has 0 radical (unpaired) electrons. The highest BCUT2D eigenvalue weighted by atomic mass is 28.4. The molecule has 1 aliphatic heterocycles. The Kier molecular flexibility index (Phi) is 28.4. The lowest BCUT2D eigenvalue weighted by atomic mass is 9.97. The fourth-order valence-electron chi connectivity index (χ4n) is 12.1. The molecule has 0 aromatic heterocycles. The van der Waals surface area contributed by atoms with E-state index in [-0.39, 0.29) is 49.0 Å². The maximum Gasteiger partial charge on any atom is 0.407 e. The first-order valence-corrected chi connectivity index (χ1v) is 40.5. The molecule has 1 N–H and O–H groups in total. The summed E-state index contributed by atoms with van der Waals surface area (Å²) in [5, 5.41) is 3.14. The van der Waals surface area contributed by atoms with Crippen LogP contribution in [0.25, 0.3) is 11.1 Å². The number of carbonyl (C=O) groups excluding carboxylic acids is 1. The molecule has 0 spiro atoms. The van der Waals surface area contributed by atoms with Gasteiger partial charge >= 0.3 is 6.09 Å². The zero-order chi connectivity index (χ0) is 65.4. The van der Waals surface area contributed by atoms with Crippen LogP contribution in [-0.4, -0.2) is 91.5 Å². The molecular formula is C79H111NO10Si2. The summed E-state index contributed by atoms with van der Waals surface area (Å²) in [6.45, 7) is 26.6. The number of alkyl carbamates (subject to hydrolysis) is 1. The SMILES string of the molecule is CCCCCCCCCCCCCC[C@@H](O[Si](C)(C)C(C)(C)C)[C@H](O[Si](C)(C)C(C)(C)C)[C@H](CO[C@H]1OC(COCc2ccccc2)[C@H](OCc2ccccc2)[C@@H](OCc2ccccc2)C1OCc1ccccc1)NC(=O)OCC1c2ccccc2-c2ccccc21. The van der Waals surface area contributed by atoms with Crippen molar-refractivity contribution in [3.8, 4) is 11.1 Å². The lowest BCUT2D eigenvalue weighted by Crippen LogP contribution is -2.63. The number of unbranched alkanes of at least 4 members (excludes halogenated alkanes) is 11. The Bertz CT molecular complexity index is 3000. The number of ether oxygens (including phenoxy) is 7. The number of nitrogens with one attached hydrogen (secondary N) is 1. The minimum atomic E-state index is -2.68. The molecule has 6 aromatic carbocycles. The average molecular weight is 1290 g/mol. The van der Waals surface area contributed by atoms with Gasteiger partial charge in [-0.3, -0.25) is 0 Å². The first kappa shape index (κ1) is 72.5. The monoisotopic (exact) mass is 1290 g/mol. The predicted octanol–water partition coefficient (Wildman–Crippen LogP) is 19.5. The second kappa shape index (κ2) is 36.0. The summed E-state index contributed by atoms with van der Waals surface area (Å²) in [6, 6.07) is 56.7. The molecule has 1 amide bonds. The van der Waals surface area contributed by atoms with Crippen LogP contribution >= 0.6 is 0 Å². The van der Waals surface area contributed by atoms with Crippen LogP contribution in [0.15, 0.2) is 170 Å². The van der Waals surface area contributed by atoms with Crippen LogP contribution in [0.3, 0.4) is 0 Å². The first-order valence-electron chi connectivity index (χ1n) is 34.6. The van der Waals surface area contributed by atoms with Crippen molar-refractivity contribution in [1.29, 1.82) is 0 Å². The van der Waals surface area contributed by atoms with Gasteiger partial charge in [-0.2, -0.15) is 0 Å². The number of amides is 1. The molecule has 500 valence electrons. The molecule has 1 aliphatic carbocycles. The highest BCUT2D eigenvalue weighted by molar-refractivity contribution is 6.74. The van der Waals surface area contributed by atoms with Gasteiger partial charge in [-0.15, -0.1) is 0 Å². The van der Waals surface area contributed by atoms with Crippen molar-refractivity contribution in [3.05, 3.63) is 203 Å². The van der Waals surface area contributed by atoms with Crippen LogP contribution in [0.1, 0.15) is 171 Å². The molecule has 2 aliphatic rings. The van der Waals surface area contributed by atoms with E-state index in [9.17, 15) is 0 Å². The first-order chi connectivity index (χ1) is 44.3. The number of rotatable bonds is 38. The quantitative estimate of drug-likeness (QED) is 0.0297. The Morgan fingerprint density at radius 3 is 1.37 bits per heavy atom. The van der Waals surface area contributed by atoms with E-state index in [2.05, 4.69) is 177 Å². The van der Waals surface area contributed by atoms with Gasteiger partial charge in [0.15, 0.2) is 22.9 Å². The highest BCUT2D eigenvalue weighted by Crippen LogP contribution is 2.46. The fraction of sp³-hybridized carbons (Fsp3) is 0.532. The predicted molar refractivity (Wildman–Crippen MR) is 378 cm³/mol. The Morgan fingerprint density at radius 2 is 0.891 bits per heavy atom. The zero-order valence-corrected chi connectivity index (χ0v) is 59.6. The molecule has 8 atom stereocenters. The molecule has 2 unspecified atom stereocenters. The van der Waals surface area contributed by atoms with E-state index in [1.165, 1.54) is 57.8 Å². The van der Waals surface area contributed by atoms with E-state index in [1.807, 2.05) is 72.8 Å². The standard InChI is InChI=1S/C79H111NO10Si2/c1-12-13-14-15-16-17-18-19-20-21-22-35-52-70(89-91(8,9)78(2,3)4)72(90-92(10,11)79(5,6)7)69(80-77(81)87-57-68-66-50-38-36-48-64(66)65-49-37-39-51-67(65)68)58-86-76-75(85-56-63-46-33-26-34-47-63)74(84-55-62-44-31-25-32-45-62)73(83-54-61-42-29-24-30-43-61)71(88-76)59-82-53-60-40-27-23-28-41-60/h23-34,36-51,68-76H,12-22,35,52-59H2,1-11H3,(H,80,81)/t69-,70+,71?,72+,73-,74+,75?,76-/m0/s1. The number of benzene rings is 6. The molecule has 1 heterocycles. The highest BCUT2D eigenvalue weighted by Gasteiger charge is 2.51. The summed E-state index contributed by atoms with van der Waals surface area (Å²) in [5.74, 6) is -0.147. The molecular weight excluding hydrogens is 1180 g/mol. The van der Waals surface area contributed by atoms with Crippen LogP contribution < -0.4 is 5.32 Å². The Labute approximate surface area is 555 Å². The van der Waals surface area contributed by atoms with Crippen molar-refractivity contribution in [2.45, 2.75) is 250 Å². The molecule has 13 heteroatoms. The van der Waals surface area contributed by atoms with Gasteiger partial charge in [0.2, 0.25) is 0 Å². The van der Waals surface area contributed by atoms with Gasteiger partial charge in [0.25, 0.3) is 0 Å². The number of carbonyl (C=O) groups is 1. The van der Waals surface area contributed by atoms with Crippen LogP contribution in [0, 0.1) is 0 Å². The van der Waals surface area contributed by atoms with Gasteiger partial charge < -0.3 is 47.3 Å². The van der Waals surface area contributed by atoms with Crippen molar-refractivity contribution in [1.82, 2.24) is 5.32 Å². The lowest BCUT2D eigenvalue weighted by Gasteiger charge is -2.48. The lowest BCUT2D eigenvalue weighted by molar-refractivity contribution is -0.329. The van der Waals surface area contributed by atoms with Crippen molar-refractivity contribution in [2.75, 3.05) is 19.8 Å². The second-order valence-corrected chi connectivity index (χ2v) is 38.2. The van der Waals surface area contributed by atoms with Crippen LogP contribution in [0.4, 0.5) is 4.79 Å². The number of hydrogen-bond donors (Lipinski definition) is 1. The molecule has 0 saturated carbocycles. The third kappa shape index (κ3) is 21.6. The second-order valence-electron chi connectivity index (χ2n) is 28.7. The summed E-state index contributed by atoms with van der Waals surface area (Å²) in [7, 11) is -5.20. The summed E-state index contributed by atoms with van der Waals surface area (Å²) in [4.78, 5) is 15.2. The van der Waals surface area contributed by atoms with Gasteiger partial charge in [0.1, 0.15) is 31.0 Å². The molecule has 1 saturated heterocycles. The molecule has 0 bridgehead atoms. The largest absolute Gasteiger partial charge is 0.449 e. The van der Waals surface area contributed by atoms with Crippen molar-refractivity contribution in [3.63, 3.8) is 0 Å². The Hall–Kier alpha value is -5.30. The van der Waals surface area contributed by atoms with Crippen molar-refractivity contribution < 1.29 is 46.8 Å². The minimum absolute atomic E-state index is 0.0479. The van der Waals surface area contributed by atoms with E-state index >= 15 is 4.79 Å². The molecule has 11 nitrogen and oxygen atoms in total.